The first kappa shape index (κ1) is 17.4. The van der Waals surface area contributed by atoms with Gasteiger partial charge in [-0.1, -0.05) is 60.7 Å². The Kier molecular flexibility index (Phi) is 7.50. The summed E-state index contributed by atoms with van der Waals surface area (Å²) in [7, 11) is 0. The van der Waals surface area contributed by atoms with Gasteiger partial charge in [0.15, 0.2) is 5.78 Å². The molecule has 0 radical (unpaired) electrons. The Labute approximate surface area is 138 Å². The van der Waals surface area contributed by atoms with Gasteiger partial charge in [-0.3, -0.25) is 4.79 Å². The fraction of sp³-hybridized carbons (Fsp3) is 0.350. The number of carbonyl (C=O) groups is 1. The quantitative estimate of drug-likeness (QED) is 0.480. The van der Waals surface area contributed by atoms with Crippen LogP contribution in [0, 0.1) is 0 Å². The predicted molar refractivity (Wildman–Crippen MR) is 91.6 cm³/mol. The van der Waals surface area contributed by atoms with Gasteiger partial charge < -0.3 is 9.47 Å². The molecule has 0 aliphatic carbocycles. The van der Waals surface area contributed by atoms with Gasteiger partial charge in [0.1, 0.15) is 6.10 Å². The summed E-state index contributed by atoms with van der Waals surface area (Å²) >= 11 is 0. The van der Waals surface area contributed by atoms with E-state index in [1.807, 2.05) is 67.6 Å². The lowest BCUT2D eigenvalue weighted by Crippen LogP contribution is -2.17. The summed E-state index contributed by atoms with van der Waals surface area (Å²) in [5, 5.41) is 0. The first-order valence-corrected chi connectivity index (χ1v) is 8.16. The third kappa shape index (κ3) is 5.62. The van der Waals surface area contributed by atoms with E-state index in [4.69, 9.17) is 9.47 Å². The summed E-state index contributed by atoms with van der Waals surface area (Å²) < 4.78 is 11.2. The minimum atomic E-state index is -0.550. The zero-order valence-electron chi connectivity index (χ0n) is 13.6. The highest BCUT2D eigenvalue weighted by Gasteiger charge is 2.22. The average molecular weight is 312 g/mol. The zero-order valence-corrected chi connectivity index (χ0v) is 13.6. The van der Waals surface area contributed by atoms with Crippen LogP contribution >= 0.6 is 0 Å². The summed E-state index contributed by atoms with van der Waals surface area (Å²) in [5.74, 6) is 0.00149. The van der Waals surface area contributed by atoms with Crippen LogP contribution in [0.4, 0.5) is 0 Å². The van der Waals surface area contributed by atoms with Crippen molar-refractivity contribution in [1.29, 1.82) is 0 Å². The maximum absolute atomic E-state index is 12.8. The Bertz CT molecular complexity index is 566. The van der Waals surface area contributed by atoms with Crippen LogP contribution in [0.1, 0.15) is 41.8 Å². The van der Waals surface area contributed by atoms with Crippen molar-refractivity contribution in [1.82, 2.24) is 0 Å². The van der Waals surface area contributed by atoms with Crippen LogP contribution < -0.4 is 0 Å². The third-order valence-electron chi connectivity index (χ3n) is 3.57. The van der Waals surface area contributed by atoms with Crippen molar-refractivity contribution in [2.24, 2.45) is 0 Å². The highest BCUT2D eigenvalue weighted by molar-refractivity contribution is 6.00. The highest BCUT2D eigenvalue weighted by atomic mass is 16.5. The second-order valence-electron chi connectivity index (χ2n) is 5.30. The van der Waals surface area contributed by atoms with Crippen LogP contribution in [-0.4, -0.2) is 25.6 Å². The maximum Gasteiger partial charge on any atom is 0.196 e. The van der Waals surface area contributed by atoms with E-state index >= 15 is 0 Å². The van der Waals surface area contributed by atoms with Gasteiger partial charge in [-0.25, -0.2) is 0 Å². The molecule has 3 nitrogen and oxygen atoms in total. The Hall–Kier alpha value is -1.97. The van der Waals surface area contributed by atoms with Gasteiger partial charge >= 0.3 is 0 Å². The molecule has 1 atom stereocenters. The molecule has 0 saturated carbocycles. The van der Waals surface area contributed by atoms with Crippen molar-refractivity contribution in [2.75, 3.05) is 19.8 Å². The predicted octanol–water partition coefficient (Wildman–Crippen LogP) is 4.44. The SMILES string of the molecule is CCOCCCCOC(C(=O)c1ccccc1)c1ccccc1. The number of ether oxygens (including phenoxy) is 2. The van der Waals surface area contributed by atoms with Crippen molar-refractivity contribution < 1.29 is 14.3 Å². The highest BCUT2D eigenvalue weighted by Crippen LogP contribution is 2.22. The molecule has 122 valence electrons. The lowest BCUT2D eigenvalue weighted by atomic mass is 10.00. The van der Waals surface area contributed by atoms with Gasteiger partial charge in [0, 0.05) is 25.4 Å². The van der Waals surface area contributed by atoms with E-state index in [0.29, 0.717) is 12.2 Å². The molecular formula is C20H24O3. The van der Waals surface area contributed by atoms with Crippen LogP contribution in [0.3, 0.4) is 0 Å². The van der Waals surface area contributed by atoms with E-state index in [9.17, 15) is 4.79 Å². The number of hydrogen-bond acceptors (Lipinski definition) is 3. The van der Waals surface area contributed by atoms with Crippen LogP contribution in [-0.2, 0) is 9.47 Å². The van der Waals surface area contributed by atoms with E-state index in [2.05, 4.69) is 0 Å². The number of rotatable bonds is 10. The van der Waals surface area contributed by atoms with E-state index in [1.165, 1.54) is 0 Å². The minimum absolute atomic E-state index is 0.00149. The number of benzene rings is 2. The molecule has 0 saturated heterocycles. The van der Waals surface area contributed by atoms with Crippen molar-refractivity contribution >= 4 is 5.78 Å². The van der Waals surface area contributed by atoms with Crippen LogP contribution in [0.2, 0.25) is 0 Å². The van der Waals surface area contributed by atoms with E-state index < -0.39 is 6.10 Å². The second-order valence-corrected chi connectivity index (χ2v) is 5.30. The molecule has 0 bridgehead atoms. The standard InChI is InChI=1S/C20H24O3/c1-2-22-15-9-10-16-23-20(18-13-7-4-8-14-18)19(21)17-11-5-3-6-12-17/h3-8,11-14,20H,2,9-10,15-16H2,1H3. The molecule has 0 fully saturated rings. The number of Topliss-reactive ketones (excluding diaryl/α,β-unsaturated/α-hetero) is 1. The summed E-state index contributed by atoms with van der Waals surface area (Å²) in [5.41, 5.74) is 1.57. The first-order valence-electron chi connectivity index (χ1n) is 8.16. The summed E-state index contributed by atoms with van der Waals surface area (Å²) in [6.07, 6.45) is 1.27. The Morgan fingerprint density at radius 3 is 2.17 bits per heavy atom. The third-order valence-corrected chi connectivity index (χ3v) is 3.57. The van der Waals surface area contributed by atoms with Crippen molar-refractivity contribution in [3.8, 4) is 0 Å². The van der Waals surface area contributed by atoms with Gasteiger partial charge in [0.05, 0.1) is 0 Å². The van der Waals surface area contributed by atoms with E-state index in [0.717, 1.165) is 31.6 Å². The maximum atomic E-state index is 12.8. The molecule has 0 spiro atoms. The van der Waals surface area contributed by atoms with Gasteiger partial charge in [-0.2, -0.15) is 0 Å². The molecule has 0 aliphatic rings. The molecular weight excluding hydrogens is 288 g/mol. The lowest BCUT2D eigenvalue weighted by Gasteiger charge is -2.17. The Balaban J connectivity index is 2.00. The normalized spacial score (nSPS) is 12.0. The van der Waals surface area contributed by atoms with Gasteiger partial charge in [0.25, 0.3) is 0 Å². The van der Waals surface area contributed by atoms with Crippen molar-refractivity contribution in [3.05, 3.63) is 71.8 Å². The van der Waals surface area contributed by atoms with Crippen LogP contribution in [0.5, 0.6) is 0 Å². The topological polar surface area (TPSA) is 35.5 Å². The van der Waals surface area contributed by atoms with Gasteiger partial charge in [-0.05, 0) is 25.3 Å². The van der Waals surface area contributed by atoms with E-state index in [-0.39, 0.29) is 5.78 Å². The summed E-state index contributed by atoms with van der Waals surface area (Å²) in [6, 6.07) is 19.0. The van der Waals surface area contributed by atoms with Crippen molar-refractivity contribution in [3.63, 3.8) is 0 Å². The summed E-state index contributed by atoms with van der Waals surface area (Å²) in [4.78, 5) is 12.8. The number of ketones is 1. The number of unbranched alkanes of at least 4 members (excludes halogenated alkanes) is 1. The molecule has 0 N–H and O–H groups in total. The molecule has 2 aromatic rings. The second kappa shape index (κ2) is 9.93. The van der Waals surface area contributed by atoms with Gasteiger partial charge in [-0.15, -0.1) is 0 Å². The Morgan fingerprint density at radius 2 is 1.52 bits per heavy atom. The zero-order chi connectivity index (χ0) is 16.3. The monoisotopic (exact) mass is 312 g/mol. The smallest absolute Gasteiger partial charge is 0.196 e. The van der Waals surface area contributed by atoms with Crippen molar-refractivity contribution in [2.45, 2.75) is 25.9 Å². The van der Waals surface area contributed by atoms with E-state index in [1.54, 1.807) is 0 Å². The average Bonchev–Trinajstić information content (AvgIpc) is 2.62. The fourth-order valence-corrected chi connectivity index (χ4v) is 2.36. The molecule has 3 heteroatoms. The van der Waals surface area contributed by atoms with Crippen LogP contribution in [0.15, 0.2) is 60.7 Å². The van der Waals surface area contributed by atoms with Gasteiger partial charge in [0.2, 0.25) is 0 Å². The first-order chi connectivity index (χ1) is 11.3. The van der Waals surface area contributed by atoms with Crippen LogP contribution in [0.25, 0.3) is 0 Å². The molecule has 0 aliphatic heterocycles. The molecule has 2 rings (SSSR count). The number of carbonyl (C=O) groups excluding carboxylic acids is 1. The number of hydrogen-bond donors (Lipinski definition) is 0. The Morgan fingerprint density at radius 1 is 0.913 bits per heavy atom. The largest absolute Gasteiger partial charge is 0.382 e. The minimum Gasteiger partial charge on any atom is -0.382 e. The molecule has 1 unspecified atom stereocenters. The molecule has 0 heterocycles. The molecule has 23 heavy (non-hydrogen) atoms. The fourth-order valence-electron chi connectivity index (χ4n) is 2.36. The molecule has 0 aromatic heterocycles. The molecule has 0 amide bonds. The summed E-state index contributed by atoms with van der Waals surface area (Å²) in [6.45, 7) is 4.01. The molecule has 2 aromatic carbocycles. The lowest BCUT2D eigenvalue weighted by molar-refractivity contribution is 0.0367.